The Labute approximate surface area is 191 Å². The molecule has 3 rings (SSSR count). The van der Waals surface area contributed by atoms with Gasteiger partial charge in [0.05, 0.1) is 0 Å². The summed E-state index contributed by atoms with van der Waals surface area (Å²) in [5, 5.41) is 5.27. The predicted molar refractivity (Wildman–Crippen MR) is 127 cm³/mol. The molecule has 0 atom stereocenters. The molecule has 0 aliphatic carbocycles. The maximum Gasteiger partial charge on any atom is 0.269 e. The van der Waals surface area contributed by atoms with E-state index < -0.39 is 5.91 Å². The molecule has 3 amide bonds. The Kier molecular flexibility index (Phi) is 7.30. The van der Waals surface area contributed by atoms with Crippen molar-refractivity contribution < 1.29 is 14.4 Å². The smallest absolute Gasteiger partial charge is 0.269 e. The monoisotopic (exact) mass is 446 g/mol. The average molecular weight is 447 g/mol. The molecule has 0 saturated heterocycles. The highest BCUT2D eigenvalue weighted by Gasteiger charge is 2.11. The summed E-state index contributed by atoms with van der Waals surface area (Å²) in [4.78, 5) is 36.9. The van der Waals surface area contributed by atoms with Crippen LogP contribution in [0.1, 0.15) is 42.2 Å². The van der Waals surface area contributed by atoms with Gasteiger partial charge in [0.25, 0.3) is 17.7 Å². The summed E-state index contributed by atoms with van der Waals surface area (Å²) >= 11 is 5.05. The van der Waals surface area contributed by atoms with Crippen LogP contribution in [-0.2, 0) is 0 Å². The minimum absolute atomic E-state index is 0.0352. The van der Waals surface area contributed by atoms with Gasteiger partial charge in [0.1, 0.15) is 0 Å². The molecule has 0 aliphatic heterocycles. The number of rotatable bonds is 4. The second-order valence-electron chi connectivity index (χ2n) is 7.08. The molecular formula is C24H22N4O3S. The largest absolute Gasteiger partial charge is 0.322 e. The van der Waals surface area contributed by atoms with Gasteiger partial charge in [0.2, 0.25) is 0 Å². The van der Waals surface area contributed by atoms with E-state index in [1.54, 1.807) is 54.6 Å². The molecule has 4 N–H and O–H groups in total. The van der Waals surface area contributed by atoms with E-state index in [0.29, 0.717) is 22.4 Å². The second-order valence-corrected chi connectivity index (χ2v) is 7.49. The molecular weight excluding hydrogens is 424 g/mol. The van der Waals surface area contributed by atoms with Crippen LogP contribution in [0.15, 0.2) is 72.8 Å². The lowest BCUT2D eigenvalue weighted by atomic mass is 10.1. The number of thiocarbonyl (C=S) groups is 1. The minimum Gasteiger partial charge on any atom is -0.322 e. The lowest BCUT2D eigenvalue weighted by Crippen LogP contribution is -2.48. The van der Waals surface area contributed by atoms with Crippen LogP contribution < -0.4 is 21.5 Å². The molecule has 3 aromatic rings. The van der Waals surface area contributed by atoms with Crippen LogP contribution in [-0.4, -0.2) is 22.8 Å². The molecule has 3 aromatic carbocycles. The number of anilines is 1. The van der Waals surface area contributed by atoms with Gasteiger partial charge in [-0.3, -0.25) is 30.6 Å². The van der Waals surface area contributed by atoms with E-state index in [4.69, 9.17) is 12.2 Å². The number of aryl methyl sites for hydroxylation is 2. The van der Waals surface area contributed by atoms with Crippen LogP contribution in [0.3, 0.4) is 0 Å². The van der Waals surface area contributed by atoms with Gasteiger partial charge in [-0.15, -0.1) is 0 Å². The third kappa shape index (κ3) is 5.99. The summed E-state index contributed by atoms with van der Waals surface area (Å²) in [5.74, 6) is -1.06. The molecule has 0 aromatic heterocycles. The number of carbonyl (C=O) groups excluding carboxylic acids is 3. The molecule has 8 heteroatoms. The van der Waals surface area contributed by atoms with Crippen molar-refractivity contribution in [2.75, 3.05) is 5.32 Å². The van der Waals surface area contributed by atoms with E-state index in [9.17, 15) is 14.4 Å². The van der Waals surface area contributed by atoms with Crippen LogP contribution in [0.4, 0.5) is 5.69 Å². The molecule has 0 radical (unpaired) electrons. The highest BCUT2D eigenvalue weighted by atomic mass is 32.1. The third-order valence-electron chi connectivity index (χ3n) is 4.59. The molecule has 0 saturated carbocycles. The van der Waals surface area contributed by atoms with E-state index >= 15 is 0 Å². The van der Waals surface area contributed by atoms with Crippen LogP contribution in [0.5, 0.6) is 0 Å². The van der Waals surface area contributed by atoms with Gasteiger partial charge in [-0.1, -0.05) is 35.9 Å². The number of hydrazine groups is 1. The SMILES string of the molecule is Cc1cccc(C(=O)NC(=S)NNC(=O)c2ccc(NC(=O)c3ccccc3C)cc2)c1. The fourth-order valence-electron chi connectivity index (χ4n) is 2.91. The van der Waals surface area contributed by atoms with E-state index in [1.165, 1.54) is 0 Å². The Hall–Kier alpha value is -4.04. The first-order valence-corrected chi connectivity index (χ1v) is 10.2. The number of carbonyl (C=O) groups is 3. The van der Waals surface area contributed by atoms with Gasteiger partial charge in [-0.05, 0) is 74.1 Å². The van der Waals surface area contributed by atoms with E-state index in [-0.39, 0.29) is 16.9 Å². The Morgan fingerprint density at radius 3 is 2.12 bits per heavy atom. The van der Waals surface area contributed by atoms with Gasteiger partial charge in [-0.2, -0.15) is 0 Å². The van der Waals surface area contributed by atoms with Gasteiger partial charge < -0.3 is 5.32 Å². The number of nitrogens with one attached hydrogen (secondary N) is 4. The summed E-state index contributed by atoms with van der Waals surface area (Å²) < 4.78 is 0. The minimum atomic E-state index is -0.450. The van der Waals surface area contributed by atoms with E-state index in [2.05, 4.69) is 21.5 Å². The highest BCUT2D eigenvalue weighted by molar-refractivity contribution is 7.80. The molecule has 0 aliphatic rings. The van der Waals surface area contributed by atoms with Crippen molar-refractivity contribution in [1.29, 1.82) is 0 Å². The standard InChI is InChI=1S/C24H22N4O3S/c1-15-6-5-8-18(14-15)21(29)26-24(32)28-27-22(30)17-10-12-19(13-11-17)25-23(31)20-9-4-3-7-16(20)2/h3-14H,1-2H3,(H,25,31)(H,27,30)(H2,26,28,29,32). The first-order chi connectivity index (χ1) is 15.3. The molecule has 0 spiro atoms. The Morgan fingerprint density at radius 1 is 0.719 bits per heavy atom. The van der Waals surface area contributed by atoms with Crippen molar-refractivity contribution in [3.05, 3.63) is 101 Å². The Balaban J connectivity index is 1.51. The second kappa shape index (κ2) is 10.3. The zero-order chi connectivity index (χ0) is 23.1. The lowest BCUT2D eigenvalue weighted by Gasteiger charge is -2.12. The van der Waals surface area contributed by atoms with Gasteiger partial charge >= 0.3 is 0 Å². The maximum absolute atomic E-state index is 12.4. The van der Waals surface area contributed by atoms with Crippen LogP contribution in [0, 0.1) is 13.8 Å². The normalized spacial score (nSPS) is 10.1. The zero-order valence-corrected chi connectivity index (χ0v) is 18.4. The first kappa shape index (κ1) is 22.6. The zero-order valence-electron chi connectivity index (χ0n) is 17.6. The summed E-state index contributed by atoms with van der Waals surface area (Å²) in [7, 11) is 0. The average Bonchev–Trinajstić information content (AvgIpc) is 2.78. The van der Waals surface area contributed by atoms with Gasteiger partial charge in [0, 0.05) is 22.4 Å². The summed E-state index contributed by atoms with van der Waals surface area (Å²) in [6.45, 7) is 3.75. The van der Waals surface area contributed by atoms with Crippen molar-refractivity contribution >= 4 is 40.7 Å². The van der Waals surface area contributed by atoms with Crippen LogP contribution in [0.2, 0.25) is 0 Å². The van der Waals surface area contributed by atoms with Crippen molar-refractivity contribution in [1.82, 2.24) is 16.2 Å². The van der Waals surface area contributed by atoms with E-state index in [0.717, 1.165) is 11.1 Å². The van der Waals surface area contributed by atoms with Gasteiger partial charge in [0.15, 0.2) is 5.11 Å². The number of hydrogen-bond donors (Lipinski definition) is 4. The molecule has 0 unspecified atom stereocenters. The molecule has 162 valence electrons. The predicted octanol–water partition coefficient (Wildman–Crippen LogP) is 3.51. The third-order valence-corrected chi connectivity index (χ3v) is 4.80. The Morgan fingerprint density at radius 2 is 1.44 bits per heavy atom. The first-order valence-electron chi connectivity index (χ1n) is 9.79. The number of amides is 3. The maximum atomic E-state index is 12.4. The van der Waals surface area contributed by atoms with Crippen molar-refractivity contribution in [3.63, 3.8) is 0 Å². The molecule has 0 fully saturated rings. The molecule has 32 heavy (non-hydrogen) atoms. The quantitative estimate of drug-likeness (QED) is 0.363. The van der Waals surface area contributed by atoms with Crippen LogP contribution in [0.25, 0.3) is 0 Å². The van der Waals surface area contributed by atoms with Crippen molar-refractivity contribution in [3.8, 4) is 0 Å². The lowest BCUT2D eigenvalue weighted by molar-refractivity contribution is 0.0934. The molecule has 0 bridgehead atoms. The van der Waals surface area contributed by atoms with Crippen molar-refractivity contribution in [2.24, 2.45) is 0 Å². The molecule has 0 heterocycles. The fourth-order valence-corrected chi connectivity index (χ4v) is 3.05. The Bertz CT molecular complexity index is 1180. The topological polar surface area (TPSA) is 99.3 Å². The summed E-state index contributed by atoms with van der Waals surface area (Å²) in [6, 6.07) is 20.7. The van der Waals surface area contributed by atoms with Crippen LogP contribution >= 0.6 is 12.2 Å². The number of benzene rings is 3. The summed E-state index contributed by atoms with van der Waals surface area (Å²) in [6.07, 6.45) is 0. The molecule has 7 nitrogen and oxygen atoms in total. The summed E-state index contributed by atoms with van der Waals surface area (Å²) in [5.41, 5.74) is 8.70. The highest BCUT2D eigenvalue weighted by Crippen LogP contribution is 2.13. The van der Waals surface area contributed by atoms with Crippen molar-refractivity contribution in [2.45, 2.75) is 13.8 Å². The van der Waals surface area contributed by atoms with E-state index in [1.807, 2.05) is 32.0 Å². The number of hydrogen-bond acceptors (Lipinski definition) is 4. The van der Waals surface area contributed by atoms with Gasteiger partial charge in [-0.25, -0.2) is 0 Å². The fraction of sp³-hybridized carbons (Fsp3) is 0.0833.